The van der Waals surface area contributed by atoms with E-state index in [2.05, 4.69) is 25.7 Å². The summed E-state index contributed by atoms with van der Waals surface area (Å²) in [5.41, 5.74) is 9.39. The number of aryl methyl sites for hydroxylation is 1. The van der Waals surface area contributed by atoms with Crippen molar-refractivity contribution in [2.75, 3.05) is 29.1 Å². The van der Waals surface area contributed by atoms with Crippen LogP contribution in [0.5, 0.6) is 11.6 Å². The van der Waals surface area contributed by atoms with Gasteiger partial charge < -0.3 is 25.8 Å². The maximum absolute atomic E-state index is 13.5. The minimum Gasteiger partial charge on any atom is -0.492 e. The lowest BCUT2D eigenvalue weighted by Gasteiger charge is -2.24. The number of methoxy groups -OCH3 is 1. The standard InChI is InChI=1S/C31H37N7O6S/c1-18-13-14-21(28(39)34-23-16-22(31(3,4)5)17-24(26(23)43-6)36-45(7,41)42)15-25(18)38-27(32)29(35-37-38)44-30(40)33-19(2)20-11-9-8-10-12-20/h8-17,19,36H,32H2,1-7H3,(H,33,40)(H,34,39)/t19-/m1/s1. The zero-order chi connectivity index (χ0) is 33.1. The van der Waals surface area contributed by atoms with Crippen molar-refractivity contribution in [2.24, 2.45) is 0 Å². The first-order valence-corrected chi connectivity index (χ1v) is 15.8. The molecule has 5 N–H and O–H groups in total. The molecule has 4 rings (SSSR count). The van der Waals surface area contributed by atoms with Crippen LogP contribution < -0.4 is 30.6 Å². The van der Waals surface area contributed by atoms with E-state index < -0.39 is 22.0 Å². The number of hydrogen-bond acceptors (Lipinski definition) is 9. The lowest BCUT2D eigenvalue weighted by atomic mass is 9.86. The average molecular weight is 636 g/mol. The molecule has 0 aliphatic heterocycles. The molecular weight excluding hydrogens is 598 g/mol. The Hall–Kier alpha value is -5.11. The zero-order valence-electron chi connectivity index (χ0n) is 26.1. The Morgan fingerprint density at radius 2 is 1.69 bits per heavy atom. The van der Waals surface area contributed by atoms with E-state index in [0.29, 0.717) is 11.3 Å². The highest BCUT2D eigenvalue weighted by atomic mass is 32.2. The van der Waals surface area contributed by atoms with Crippen molar-refractivity contribution < 1.29 is 27.5 Å². The van der Waals surface area contributed by atoms with Crippen LogP contribution in [-0.2, 0) is 15.4 Å². The van der Waals surface area contributed by atoms with E-state index in [1.165, 1.54) is 11.8 Å². The van der Waals surface area contributed by atoms with Crippen molar-refractivity contribution in [1.29, 1.82) is 0 Å². The molecule has 0 fully saturated rings. The van der Waals surface area contributed by atoms with Crippen LogP contribution in [-0.4, -0.2) is 48.8 Å². The molecule has 45 heavy (non-hydrogen) atoms. The van der Waals surface area contributed by atoms with Crippen molar-refractivity contribution in [1.82, 2.24) is 20.3 Å². The molecule has 0 radical (unpaired) electrons. The van der Waals surface area contributed by atoms with Crippen LogP contribution in [0.4, 0.5) is 22.0 Å². The number of nitrogens with two attached hydrogens (primary N) is 1. The van der Waals surface area contributed by atoms with E-state index in [-0.39, 0.29) is 45.8 Å². The predicted molar refractivity (Wildman–Crippen MR) is 173 cm³/mol. The highest BCUT2D eigenvalue weighted by Gasteiger charge is 2.24. The van der Waals surface area contributed by atoms with E-state index in [4.69, 9.17) is 15.2 Å². The maximum Gasteiger partial charge on any atom is 0.414 e. The number of rotatable bonds is 9. The number of benzene rings is 3. The van der Waals surface area contributed by atoms with Crippen LogP contribution in [0.3, 0.4) is 0 Å². The summed E-state index contributed by atoms with van der Waals surface area (Å²) < 4.78 is 38.7. The number of sulfonamides is 1. The second-order valence-corrected chi connectivity index (χ2v) is 13.3. The van der Waals surface area contributed by atoms with Gasteiger partial charge in [-0.3, -0.25) is 9.52 Å². The molecule has 0 unspecified atom stereocenters. The summed E-state index contributed by atoms with van der Waals surface area (Å²) in [5, 5.41) is 13.5. The molecule has 0 bridgehead atoms. The highest BCUT2D eigenvalue weighted by molar-refractivity contribution is 7.92. The first kappa shape index (κ1) is 32.8. The monoisotopic (exact) mass is 635 g/mol. The predicted octanol–water partition coefficient (Wildman–Crippen LogP) is 4.94. The lowest BCUT2D eigenvalue weighted by molar-refractivity contribution is 0.102. The summed E-state index contributed by atoms with van der Waals surface area (Å²) in [4.78, 5) is 26.1. The summed E-state index contributed by atoms with van der Waals surface area (Å²) >= 11 is 0. The molecule has 1 atom stereocenters. The number of carbonyl (C=O) groups excluding carboxylic acids is 2. The molecule has 1 aromatic heterocycles. The molecule has 0 spiro atoms. The summed E-state index contributed by atoms with van der Waals surface area (Å²) in [6.45, 7) is 9.50. The number of aromatic nitrogens is 3. The first-order valence-electron chi connectivity index (χ1n) is 13.9. The summed E-state index contributed by atoms with van der Waals surface area (Å²) in [7, 11) is -2.26. The number of ether oxygens (including phenoxy) is 2. The molecule has 238 valence electrons. The molecule has 0 aliphatic rings. The minimum absolute atomic E-state index is 0.0470. The maximum atomic E-state index is 13.5. The molecule has 4 aromatic rings. The van der Waals surface area contributed by atoms with E-state index >= 15 is 0 Å². The fourth-order valence-electron chi connectivity index (χ4n) is 4.47. The van der Waals surface area contributed by atoms with Gasteiger partial charge >= 0.3 is 6.09 Å². The molecule has 1 heterocycles. The van der Waals surface area contributed by atoms with Crippen LogP contribution in [0.15, 0.2) is 60.7 Å². The van der Waals surface area contributed by atoms with Crippen LogP contribution in [0.1, 0.15) is 60.8 Å². The number of carbonyl (C=O) groups is 2. The Balaban J connectivity index is 1.60. The molecule has 13 nitrogen and oxygen atoms in total. The Labute approximate surface area is 262 Å². The number of anilines is 3. The van der Waals surface area contributed by atoms with E-state index in [1.807, 2.05) is 58.0 Å². The third-order valence-corrected chi connectivity index (χ3v) is 7.49. The summed E-state index contributed by atoms with van der Waals surface area (Å²) in [6.07, 6.45) is 0.276. The number of nitrogens with one attached hydrogen (secondary N) is 3. The Morgan fingerprint density at radius 1 is 1.02 bits per heavy atom. The number of hydrogen-bond donors (Lipinski definition) is 4. The van der Waals surface area contributed by atoms with Crippen LogP contribution in [0.2, 0.25) is 0 Å². The fraction of sp³-hybridized carbons (Fsp3) is 0.290. The first-order chi connectivity index (χ1) is 21.1. The van der Waals surface area contributed by atoms with Gasteiger partial charge in [0, 0.05) is 5.56 Å². The van der Waals surface area contributed by atoms with Crippen molar-refractivity contribution in [3.63, 3.8) is 0 Å². The molecule has 0 saturated carbocycles. The Morgan fingerprint density at radius 3 is 2.31 bits per heavy atom. The molecular formula is C31H37N7O6S. The van der Waals surface area contributed by atoms with Gasteiger partial charge in [0.15, 0.2) is 11.6 Å². The van der Waals surface area contributed by atoms with E-state index in [0.717, 1.165) is 17.4 Å². The lowest BCUT2D eigenvalue weighted by Crippen LogP contribution is -2.29. The van der Waals surface area contributed by atoms with Gasteiger partial charge in [0.25, 0.3) is 11.8 Å². The molecule has 2 amide bonds. The molecule has 0 aliphatic carbocycles. The summed E-state index contributed by atoms with van der Waals surface area (Å²) in [5.74, 6) is -0.600. The van der Waals surface area contributed by atoms with Crippen molar-refractivity contribution in [2.45, 2.75) is 46.1 Å². The van der Waals surface area contributed by atoms with Crippen LogP contribution >= 0.6 is 0 Å². The van der Waals surface area contributed by atoms with Gasteiger partial charge in [0.2, 0.25) is 10.0 Å². The second-order valence-electron chi connectivity index (χ2n) is 11.5. The van der Waals surface area contributed by atoms with E-state index in [1.54, 1.807) is 37.3 Å². The highest BCUT2D eigenvalue weighted by Crippen LogP contribution is 2.39. The van der Waals surface area contributed by atoms with Gasteiger partial charge in [-0.25, -0.2) is 13.2 Å². The summed E-state index contributed by atoms with van der Waals surface area (Å²) in [6, 6.07) is 17.3. The van der Waals surface area contributed by atoms with Gasteiger partial charge in [-0.15, -0.1) is 0 Å². The smallest absolute Gasteiger partial charge is 0.414 e. The van der Waals surface area contributed by atoms with Gasteiger partial charge in [0.1, 0.15) is 0 Å². The molecule has 14 heteroatoms. The van der Waals surface area contributed by atoms with Gasteiger partial charge in [-0.2, -0.15) is 4.68 Å². The zero-order valence-corrected chi connectivity index (χ0v) is 26.9. The van der Waals surface area contributed by atoms with E-state index in [9.17, 15) is 18.0 Å². The average Bonchev–Trinajstić information content (AvgIpc) is 3.31. The van der Waals surface area contributed by atoms with Crippen molar-refractivity contribution >= 4 is 39.2 Å². The Kier molecular flexibility index (Phi) is 9.37. The van der Waals surface area contributed by atoms with Gasteiger partial charge in [0.05, 0.1) is 36.5 Å². The second kappa shape index (κ2) is 12.9. The molecule has 3 aromatic carbocycles. The van der Waals surface area contributed by atoms with Crippen LogP contribution in [0, 0.1) is 6.92 Å². The van der Waals surface area contributed by atoms with Gasteiger partial charge in [-0.1, -0.05) is 67.5 Å². The minimum atomic E-state index is -3.64. The number of nitrogen functional groups attached to an aromatic ring is 1. The van der Waals surface area contributed by atoms with Crippen LogP contribution in [0.25, 0.3) is 5.69 Å². The van der Waals surface area contributed by atoms with Crippen molar-refractivity contribution in [3.8, 4) is 17.3 Å². The topological polar surface area (TPSA) is 180 Å². The normalized spacial score (nSPS) is 12.2. The third-order valence-electron chi connectivity index (χ3n) is 6.90. The quantitative estimate of drug-likeness (QED) is 0.198. The third kappa shape index (κ3) is 7.89. The largest absolute Gasteiger partial charge is 0.492 e. The SMILES string of the molecule is COc1c(NC(=O)c2ccc(C)c(-n3nnc(OC(=O)N[C@H](C)c4ccccc4)c3N)c2)cc(C(C)(C)C)cc1NS(C)(=O)=O. The van der Waals surface area contributed by atoms with Crippen molar-refractivity contribution in [3.05, 3.63) is 82.9 Å². The molecule has 0 saturated heterocycles. The fourth-order valence-corrected chi connectivity index (χ4v) is 5.02. The number of nitrogens with zero attached hydrogens (tertiary/aromatic N) is 3. The number of amides is 2. The Bertz CT molecular complexity index is 1830. The van der Waals surface area contributed by atoms with Gasteiger partial charge in [-0.05, 0) is 60.2 Å².